The number of H-pyrrole nitrogens is 1. The van der Waals surface area contributed by atoms with Crippen molar-refractivity contribution in [3.8, 4) is 0 Å². The SMILES string of the molecule is CCCCOC(=O)c1cc(N)c(Sc2n[nH]c(C)n2)c(Cl)c1. The van der Waals surface area contributed by atoms with E-state index in [4.69, 9.17) is 22.1 Å². The number of nitrogen functional groups attached to an aromatic ring is 1. The van der Waals surface area contributed by atoms with Crippen LogP contribution in [-0.4, -0.2) is 27.8 Å². The molecule has 0 aliphatic carbocycles. The molecule has 0 atom stereocenters. The van der Waals surface area contributed by atoms with Crippen LogP contribution in [0.2, 0.25) is 5.02 Å². The van der Waals surface area contributed by atoms with Gasteiger partial charge in [0.05, 0.1) is 22.1 Å². The van der Waals surface area contributed by atoms with Crippen molar-refractivity contribution in [1.29, 1.82) is 0 Å². The molecule has 8 heteroatoms. The smallest absolute Gasteiger partial charge is 0.338 e. The fourth-order valence-electron chi connectivity index (χ4n) is 1.69. The summed E-state index contributed by atoms with van der Waals surface area (Å²) in [4.78, 5) is 16.7. The molecule has 118 valence electrons. The van der Waals surface area contributed by atoms with E-state index < -0.39 is 5.97 Å². The van der Waals surface area contributed by atoms with Gasteiger partial charge in [0.2, 0.25) is 5.16 Å². The van der Waals surface area contributed by atoms with Crippen LogP contribution in [-0.2, 0) is 4.74 Å². The first-order chi connectivity index (χ1) is 10.5. The van der Waals surface area contributed by atoms with E-state index in [1.165, 1.54) is 11.8 Å². The van der Waals surface area contributed by atoms with Crippen LogP contribution in [0.5, 0.6) is 0 Å². The predicted molar refractivity (Wildman–Crippen MR) is 86.3 cm³/mol. The Balaban J connectivity index is 2.15. The number of esters is 1. The highest BCUT2D eigenvalue weighted by molar-refractivity contribution is 7.99. The molecule has 1 aromatic heterocycles. The Kier molecular flexibility index (Phi) is 5.68. The van der Waals surface area contributed by atoms with Crippen LogP contribution in [0.3, 0.4) is 0 Å². The predicted octanol–water partition coefficient (Wildman–Crippen LogP) is 3.46. The zero-order valence-corrected chi connectivity index (χ0v) is 13.9. The van der Waals surface area contributed by atoms with Gasteiger partial charge in [-0.15, -0.1) is 5.10 Å². The third-order valence-electron chi connectivity index (χ3n) is 2.81. The van der Waals surface area contributed by atoms with Gasteiger partial charge >= 0.3 is 5.97 Å². The Labute approximate surface area is 137 Å². The molecule has 0 amide bonds. The molecule has 1 heterocycles. The summed E-state index contributed by atoms with van der Waals surface area (Å²) in [5.74, 6) is 0.278. The maximum Gasteiger partial charge on any atom is 0.338 e. The third kappa shape index (κ3) is 4.14. The Morgan fingerprint density at radius 1 is 1.50 bits per heavy atom. The molecule has 1 aromatic carbocycles. The van der Waals surface area contributed by atoms with Gasteiger partial charge in [-0.25, -0.2) is 9.78 Å². The number of aryl methyl sites for hydroxylation is 1. The number of anilines is 1. The standard InChI is InChI=1S/C14H17ClN4O2S/c1-3-4-5-21-13(20)9-6-10(15)12(11(16)7-9)22-14-17-8(2)18-19-14/h6-7H,3-5,16H2,1-2H3,(H,17,18,19). The van der Waals surface area contributed by atoms with Crippen molar-refractivity contribution in [2.45, 2.75) is 36.7 Å². The molecule has 2 rings (SSSR count). The van der Waals surface area contributed by atoms with Crippen LogP contribution in [0.15, 0.2) is 22.2 Å². The first-order valence-electron chi connectivity index (χ1n) is 6.84. The first kappa shape index (κ1) is 16.6. The molecular formula is C14H17ClN4O2S. The highest BCUT2D eigenvalue weighted by Crippen LogP contribution is 2.37. The van der Waals surface area contributed by atoms with Gasteiger partial charge < -0.3 is 10.5 Å². The van der Waals surface area contributed by atoms with E-state index >= 15 is 0 Å². The molecule has 0 spiro atoms. The molecule has 0 saturated heterocycles. The van der Waals surface area contributed by atoms with Crippen molar-refractivity contribution in [3.05, 3.63) is 28.5 Å². The summed E-state index contributed by atoms with van der Waals surface area (Å²) in [6.45, 7) is 4.22. The molecule has 6 nitrogen and oxygen atoms in total. The number of aromatic nitrogens is 3. The number of aromatic amines is 1. The molecule has 22 heavy (non-hydrogen) atoms. The lowest BCUT2D eigenvalue weighted by atomic mass is 10.2. The summed E-state index contributed by atoms with van der Waals surface area (Å²) in [6.07, 6.45) is 1.79. The highest BCUT2D eigenvalue weighted by Gasteiger charge is 2.16. The van der Waals surface area contributed by atoms with Gasteiger partial charge in [0.25, 0.3) is 0 Å². The van der Waals surface area contributed by atoms with Crippen LogP contribution < -0.4 is 5.73 Å². The number of halogens is 1. The Bertz CT molecular complexity index is 652. The van der Waals surface area contributed by atoms with Crippen LogP contribution in [0, 0.1) is 6.92 Å². The third-order valence-corrected chi connectivity index (χ3v) is 4.24. The number of benzene rings is 1. The van der Waals surface area contributed by atoms with Crippen LogP contribution in [0.4, 0.5) is 5.69 Å². The van der Waals surface area contributed by atoms with Crippen molar-refractivity contribution in [3.63, 3.8) is 0 Å². The van der Waals surface area contributed by atoms with Crippen molar-refractivity contribution < 1.29 is 9.53 Å². The summed E-state index contributed by atoms with van der Waals surface area (Å²) in [5, 5.41) is 7.66. The number of ether oxygens (including phenoxy) is 1. The molecule has 3 N–H and O–H groups in total. The number of nitrogens with two attached hydrogens (primary N) is 1. The normalized spacial score (nSPS) is 10.7. The molecule has 0 aliphatic rings. The first-order valence-corrected chi connectivity index (χ1v) is 8.03. The van der Waals surface area contributed by atoms with Crippen LogP contribution in [0.1, 0.15) is 35.9 Å². The second-order valence-electron chi connectivity index (χ2n) is 4.67. The minimum absolute atomic E-state index is 0.342. The Hall–Kier alpha value is -1.73. The van der Waals surface area contributed by atoms with E-state index in [1.807, 2.05) is 6.92 Å². The van der Waals surface area contributed by atoms with Gasteiger partial charge in [0, 0.05) is 5.69 Å². The zero-order valence-electron chi connectivity index (χ0n) is 12.4. The molecule has 0 bridgehead atoms. The van der Waals surface area contributed by atoms with E-state index in [1.54, 1.807) is 19.1 Å². The van der Waals surface area contributed by atoms with Crippen LogP contribution >= 0.6 is 23.4 Å². The quantitative estimate of drug-likeness (QED) is 0.475. The number of nitrogens with zero attached hydrogens (tertiary/aromatic N) is 2. The van der Waals surface area contributed by atoms with Gasteiger partial charge in [0.15, 0.2) is 0 Å². The maximum atomic E-state index is 11.9. The van der Waals surface area contributed by atoms with Crippen LogP contribution in [0.25, 0.3) is 0 Å². The van der Waals surface area contributed by atoms with Gasteiger partial charge in [-0.3, -0.25) is 5.10 Å². The lowest BCUT2D eigenvalue weighted by Gasteiger charge is -2.09. The topological polar surface area (TPSA) is 93.9 Å². The summed E-state index contributed by atoms with van der Waals surface area (Å²) in [7, 11) is 0. The van der Waals surface area contributed by atoms with Gasteiger partial charge in [-0.05, 0) is 37.2 Å². The molecule has 0 saturated carbocycles. The van der Waals surface area contributed by atoms with Gasteiger partial charge in [-0.1, -0.05) is 24.9 Å². The average Bonchev–Trinajstić information content (AvgIpc) is 2.88. The van der Waals surface area contributed by atoms with E-state index in [9.17, 15) is 4.79 Å². The summed E-state index contributed by atoms with van der Waals surface area (Å²) in [5.41, 5.74) is 6.72. The fraction of sp³-hybridized carbons (Fsp3) is 0.357. The van der Waals surface area contributed by atoms with Crippen molar-refractivity contribution in [2.24, 2.45) is 0 Å². The van der Waals surface area contributed by atoms with E-state index in [-0.39, 0.29) is 0 Å². The Morgan fingerprint density at radius 3 is 2.86 bits per heavy atom. The molecule has 0 aliphatic heterocycles. The van der Waals surface area contributed by atoms with E-state index in [2.05, 4.69) is 15.2 Å². The molecule has 2 aromatic rings. The monoisotopic (exact) mass is 340 g/mol. The average molecular weight is 341 g/mol. The van der Waals surface area contributed by atoms with E-state index in [0.717, 1.165) is 12.8 Å². The number of hydrogen-bond donors (Lipinski definition) is 2. The number of hydrogen-bond acceptors (Lipinski definition) is 6. The van der Waals surface area contributed by atoms with Gasteiger partial charge in [-0.2, -0.15) is 0 Å². The number of unbranched alkanes of at least 4 members (excludes halogenated alkanes) is 1. The number of carbonyl (C=O) groups excluding carboxylic acids is 1. The highest BCUT2D eigenvalue weighted by atomic mass is 35.5. The molecule has 0 unspecified atom stereocenters. The molecular weight excluding hydrogens is 324 g/mol. The second kappa shape index (κ2) is 7.51. The summed E-state index contributed by atoms with van der Waals surface area (Å²) in [6, 6.07) is 3.11. The summed E-state index contributed by atoms with van der Waals surface area (Å²) >= 11 is 7.46. The molecule has 0 radical (unpaired) electrons. The lowest BCUT2D eigenvalue weighted by molar-refractivity contribution is 0.0499. The largest absolute Gasteiger partial charge is 0.462 e. The zero-order chi connectivity index (χ0) is 16.1. The number of carbonyl (C=O) groups is 1. The second-order valence-corrected chi connectivity index (χ2v) is 6.06. The van der Waals surface area contributed by atoms with Crippen molar-refractivity contribution in [1.82, 2.24) is 15.2 Å². The fourth-order valence-corrected chi connectivity index (χ4v) is 2.82. The maximum absolute atomic E-state index is 11.9. The number of nitrogens with one attached hydrogen (secondary N) is 1. The Morgan fingerprint density at radius 2 is 2.27 bits per heavy atom. The summed E-state index contributed by atoms with van der Waals surface area (Å²) < 4.78 is 5.15. The minimum Gasteiger partial charge on any atom is -0.462 e. The van der Waals surface area contributed by atoms with E-state index in [0.29, 0.717) is 38.8 Å². The van der Waals surface area contributed by atoms with Gasteiger partial charge in [0.1, 0.15) is 5.82 Å². The van der Waals surface area contributed by atoms with Crippen molar-refractivity contribution >= 4 is 35.0 Å². The minimum atomic E-state index is -0.424. The lowest BCUT2D eigenvalue weighted by Crippen LogP contribution is -2.07. The number of rotatable bonds is 6. The molecule has 0 fully saturated rings. The van der Waals surface area contributed by atoms with Crippen molar-refractivity contribution in [2.75, 3.05) is 12.3 Å².